The summed E-state index contributed by atoms with van der Waals surface area (Å²) >= 11 is 0. The molecule has 0 aromatic rings. The van der Waals surface area contributed by atoms with Crippen LogP contribution in [-0.4, -0.2) is 73.5 Å². The van der Waals surface area contributed by atoms with Gasteiger partial charge in [-0.15, -0.1) is 0 Å². The summed E-state index contributed by atoms with van der Waals surface area (Å²) in [5.74, 6) is -0.0327. The minimum Gasteiger partial charge on any atom is -0.352 e. The van der Waals surface area contributed by atoms with Gasteiger partial charge in [0.1, 0.15) is 0 Å². The highest BCUT2D eigenvalue weighted by atomic mass is 16.2. The summed E-state index contributed by atoms with van der Waals surface area (Å²) in [4.78, 5) is 27.6. The van der Waals surface area contributed by atoms with Gasteiger partial charge in [-0.25, -0.2) is 0 Å². The van der Waals surface area contributed by atoms with Gasteiger partial charge < -0.3 is 15.5 Å². The van der Waals surface area contributed by atoms with Crippen molar-refractivity contribution in [2.24, 2.45) is 0 Å². The predicted molar refractivity (Wildman–Crippen MR) is 81.9 cm³/mol. The van der Waals surface area contributed by atoms with E-state index in [2.05, 4.69) is 22.5 Å². The van der Waals surface area contributed by atoms with Crippen molar-refractivity contribution >= 4 is 11.8 Å². The van der Waals surface area contributed by atoms with Crippen molar-refractivity contribution in [2.45, 2.75) is 44.7 Å². The van der Waals surface area contributed by atoms with Crippen LogP contribution in [0.4, 0.5) is 0 Å². The molecule has 0 aromatic carbocycles. The second-order valence-corrected chi connectivity index (χ2v) is 6.21. The molecule has 1 unspecified atom stereocenters. The van der Waals surface area contributed by atoms with E-state index in [9.17, 15) is 9.59 Å². The molecule has 2 fully saturated rings. The molecular formula is C15H28N4O2. The Kier molecular flexibility index (Phi) is 5.99. The van der Waals surface area contributed by atoms with E-state index in [1.54, 1.807) is 7.05 Å². The first kappa shape index (κ1) is 16.2. The van der Waals surface area contributed by atoms with Crippen LogP contribution in [0, 0.1) is 0 Å². The maximum absolute atomic E-state index is 12.2. The molecule has 1 aliphatic heterocycles. The largest absolute Gasteiger partial charge is 0.352 e. The Bertz CT molecular complexity index is 365. The Morgan fingerprint density at radius 1 is 1.24 bits per heavy atom. The van der Waals surface area contributed by atoms with Gasteiger partial charge in [0.2, 0.25) is 11.8 Å². The van der Waals surface area contributed by atoms with Gasteiger partial charge in [-0.3, -0.25) is 14.5 Å². The summed E-state index contributed by atoms with van der Waals surface area (Å²) < 4.78 is 0. The highest BCUT2D eigenvalue weighted by Gasteiger charge is 2.25. The molecule has 1 heterocycles. The van der Waals surface area contributed by atoms with E-state index in [0.717, 1.165) is 32.5 Å². The Labute approximate surface area is 127 Å². The number of likely N-dealkylation sites (N-methyl/N-ethyl adjacent to an activating group) is 2. The summed E-state index contributed by atoms with van der Waals surface area (Å²) in [6.45, 7) is 5.46. The summed E-state index contributed by atoms with van der Waals surface area (Å²) in [7, 11) is 1.70. The Morgan fingerprint density at radius 2 is 2.00 bits per heavy atom. The van der Waals surface area contributed by atoms with E-state index < -0.39 is 0 Å². The maximum atomic E-state index is 12.2. The van der Waals surface area contributed by atoms with Gasteiger partial charge in [0.05, 0.1) is 13.1 Å². The lowest BCUT2D eigenvalue weighted by Gasteiger charge is -2.26. The number of nitrogens with zero attached hydrogens (tertiary/aromatic N) is 2. The standard InChI is InChI=1S/C15H28N4O2/c1-3-19(9-13-5-4-8-16-13)11-15(21)18(2)10-14(20)17-12-6-7-12/h12-13,16H,3-11H2,1-2H3,(H,17,20). The van der Waals surface area contributed by atoms with Gasteiger partial charge in [0, 0.05) is 25.7 Å². The Hall–Kier alpha value is -1.14. The molecule has 2 amide bonds. The third kappa shape index (κ3) is 5.63. The van der Waals surface area contributed by atoms with Crippen molar-refractivity contribution < 1.29 is 9.59 Å². The molecule has 120 valence electrons. The zero-order valence-electron chi connectivity index (χ0n) is 13.2. The second kappa shape index (κ2) is 7.75. The van der Waals surface area contributed by atoms with Crippen molar-refractivity contribution in [2.75, 3.05) is 39.8 Å². The fourth-order valence-corrected chi connectivity index (χ4v) is 2.65. The van der Waals surface area contributed by atoms with Crippen LogP contribution >= 0.6 is 0 Å². The average Bonchev–Trinajstić information content (AvgIpc) is 3.10. The Morgan fingerprint density at radius 3 is 2.57 bits per heavy atom. The summed E-state index contributed by atoms with van der Waals surface area (Å²) in [6, 6.07) is 0.850. The number of hydrogen-bond donors (Lipinski definition) is 2. The highest BCUT2D eigenvalue weighted by Crippen LogP contribution is 2.18. The number of hydrogen-bond acceptors (Lipinski definition) is 4. The molecule has 1 aliphatic carbocycles. The molecule has 2 aliphatic rings. The van der Waals surface area contributed by atoms with E-state index in [4.69, 9.17) is 0 Å². The zero-order valence-corrected chi connectivity index (χ0v) is 13.2. The van der Waals surface area contributed by atoms with E-state index in [-0.39, 0.29) is 18.4 Å². The molecule has 1 atom stereocenters. The summed E-state index contributed by atoms with van der Waals surface area (Å²) in [5, 5.41) is 6.36. The number of carbonyl (C=O) groups excluding carboxylic acids is 2. The average molecular weight is 296 g/mol. The lowest BCUT2D eigenvalue weighted by molar-refractivity contribution is -0.135. The minimum absolute atomic E-state index is 0.0146. The van der Waals surface area contributed by atoms with Gasteiger partial charge in [-0.05, 0) is 38.8 Å². The number of nitrogens with one attached hydrogen (secondary N) is 2. The van der Waals surface area contributed by atoms with Crippen LogP contribution < -0.4 is 10.6 Å². The van der Waals surface area contributed by atoms with Gasteiger partial charge in [0.15, 0.2) is 0 Å². The van der Waals surface area contributed by atoms with Crippen LogP contribution in [0.25, 0.3) is 0 Å². The fraction of sp³-hybridized carbons (Fsp3) is 0.867. The zero-order chi connectivity index (χ0) is 15.2. The van der Waals surface area contributed by atoms with Crippen molar-refractivity contribution in [1.29, 1.82) is 0 Å². The summed E-state index contributed by atoms with van der Waals surface area (Å²) in [6.07, 6.45) is 4.55. The highest BCUT2D eigenvalue weighted by molar-refractivity contribution is 5.85. The first-order valence-electron chi connectivity index (χ1n) is 8.07. The molecule has 1 saturated heterocycles. The first-order chi connectivity index (χ1) is 10.1. The SMILES string of the molecule is CCN(CC(=O)N(C)CC(=O)NC1CC1)CC1CCCN1. The van der Waals surface area contributed by atoms with Crippen LogP contribution in [-0.2, 0) is 9.59 Å². The van der Waals surface area contributed by atoms with E-state index in [1.165, 1.54) is 17.7 Å². The van der Waals surface area contributed by atoms with E-state index in [1.807, 2.05) is 0 Å². The lowest BCUT2D eigenvalue weighted by Crippen LogP contribution is -2.46. The molecule has 1 saturated carbocycles. The monoisotopic (exact) mass is 296 g/mol. The molecule has 6 nitrogen and oxygen atoms in total. The van der Waals surface area contributed by atoms with Gasteiger partial charge in [-0.1, -0.05) is 6.92 Å². The molecular weight excluding hydrogens is 268 g/mol. The minimum atomic E-state index is -0.0474. The quantitative estimate of drug-likeness (QED) is 0.651. The predicted octanol–water partition coefficient (Wildman–Crippen LogP) is -0.203. The molecule has 0 bridgehead atoms. The summed E-state index contributed by atoms with van der Waals surface area (Å²) in [5.41, 5.74) is 0. The molecule has 2 rings (SSSR count). The molecule has 0 radical (unpaired) electrons. The second-order valence-electron chi connectivity index (χ2n) is 6.21. The third-order valence-electron chi connectivity index (χ3n) is 4.20. The molecule has 0 aromatic heterocycles. The van der Waals surface area contributed by atoms with Crippen LogP contribution in [0.1, 0.15) is 32.6 Å². The molecule has 21 heavy (non-hydrogen) atoms. The smallest absolute Gasteiger partial charge is 0.239 e. The Balaban J connectivity index is 1.70. The van der Waals surface area contributed by atoms with Gasteiger partial charge in [0.25, 0.3) is 0 Å². The number of carbonyl (C=O) groups is 2. The topological polar surface area (TPSA) is 64.7 Å². The number of amides is 2. The normalized spacial score (nSPS) is 21.6. The maximum Gasteiger partial charge on any atom is 0.239 e. The van der Waals surface area contributed by atoms with E-state index in [0.29, 0.717) is 18.6 Å². The van der Waals surface area contributed by atoms with Crippen molar-refractivity contribution in [3.63, 3.8) is 0 Å². The van der Waals surface area contributed by atoms with Crippen molar-refractivity contribution in [3.05, 3.63) is 0 Å². The van der Waals surface area contributed by atoms with E-state index >= 15 is 0 Å². The fourth-order valence-electron chi connectivity index (χ4n) is 2.65. The van der Waals surface area contributed by atoms with Crippen molar-refractivity contribution in [3.8, 4) is 0 Å². The lowest BCUT2D eigenvalue weighted by atomic mass is 10.2. The van der Waals surface area contributed by atoms with Crippen molar-refractivity contribution in [1.82, 2.24) is 20.4 Å². The molecule has 2 N–H and O–H groups in total. The van der Waals surface area contributed by atoms with Crippen LogP contribution in [0.3, 0.4) is 0 Å². The third-order valence-corrected chi connectivity index (χ3v) is 4.20. The first-order valence-corrected chi connectivity index (χ1v) is 8.07. The van der Waals surface area contributed by atoms with Crippen LogP contribution in [0.2, 0.25) is 0 Å². The van der Waals surface area contributed by atoms with Crippen LogP contribution in [0.5, 0.6) is 0 Å². The van der Waals surface area contributed by atoms with Gasteiger partial charge in [-0.2, -0.15) is 0 Å². The molecule has 0 spiro atoms. The number of rotatable bonds is 8. The molecule has 6 heteroatoms. The van der Waals surface area contributed by atoms with Gasteiger partial charge >= 0.3 is 0 Å². The van der Waals surface area contributed by atoms with Crippen LogP contribution in [0.15, 0.2) is 0 Å².